The van der Waals surface area contributed by atoms with Gasteiger partial charge in [-0.25, -0.2) is 0 Å². The van der Waals surface area contributed by atoms with Gasteiger partial charge in [0.2, 0.25) is 5.91 Å². The molecule has 0 fully saturated rings. The van der Waals surface area contributed by atoms with Crippen molar-refractivity contribution in [3.63, 3.8) is 0 Å². The third-order valence-electron chi connectivity index (χ3n) is 3.84. The van der Waals surface area contributed by atoms with Crippen LogP contribution in [0.3, 0.4) is 0 Å². The fourth-order valence-corrected chi connectivity index (χ4v) is 2.38. The van der Waals surface area contributed by atoms with Crippen molar-refractivity contribution in [2.45, 2.75) is 65.1 Å². The van der Waals surface area contributed by atoms with Gasteiger partial charge in [0.05, 0.1) is 5.54 Å². The summed E-state index contributed by atoms with van der Waals surface area (Å²) in [5.74, 6) is 0.0533. The fraction of sp³-hybridized carbons (Fsp3) is 0.588. The van der Waals surface area contributed by atoms with Gasteiger partial charge >= 0.3 is 0 Å². The van der Waals surface area contributed by atoms with Crippen molar-refractivity contribution in [3.8, 4) is 0 Å². The summed E-state index contributed by atoms with van der Waals surface area (Å²) in [6, 6.07) is 10.3. The second-order valence-electron chi connectivity index (χ2n) is 5.84. The van der Waals surface area contributed by atoms with Gasteiger partial charge < -0.3 is 10.6 Å². The summed E-state index contributed by atoms with van der Waals surface area (Å²) in [6.45, 7) is 8.72. The largest absolute Gasteiger partial charge is 0.334 e. The number of nitrogens with zero attached hydrogens (tertiary/aromatic N) is 1. The summed E-state index contributed by atoms with van der Waals surface area (Å²) in [6.07, 6.45) is 2.56. The van der Waals surface area contributed by atoms with Crippen LogP contribution in [0.5, 0.6) is 0 Å². The standard InChI is InChI=1S/C17H28N2O/c1-5-12-17(4,18)16(20)19(14(3)6-2)13-15-10-8-7-9-11-15/h7-11,14H,5-6,12-13,18H2,1-4H3. The van der Waals surface area contributed by atoms with E-state index < -0.39 is 5.54 Å². The SMILES string of the molecule is CCCC(C)(N)C(=O)N(Cc1ccccc1)C(C)CC. The summed E-state index contributed by atoms with van der Waals surface area (Å²) < 4.78 is 0. The zero-order chi connectivity index (χ0) is 15.2. The zero-order valence-electron chi connectivity index (χ0n) is 13.2. The molecule has 1 aromatic rings. The van der Waals surface area contributed by atoms with E-state index in [0.29, 0.717) is 13.0 Å². The van der Waals surface area contributed by atoms with Crippen LogP contribution in [-0.4, -0.2) is 22.4 Å². The highest BCUT2D eigenvalue weighted by Crippen LogP contribution is 2.19. The summed E-state index contributed by atoms with van der Waals surface area (Å²) in [5.41, 5.74) is 6.60. The summed E-state index contributed by atoms with van der Waals surface area (Å²) in [7, 11) is 0. The predicted octanol–water partition coefficient (Wildman–Crippen LogP) is 3.33. The lowest BCUT2D eigenvalue weighted by atomic mass is 9.94. The molecular weight excluding hydrogens is 248 g/mol. The number of carbonyl (C=O) groups excluding carboxylic acids is 1. The molecule has 0 aromatic heterocycles. The number of carbonyl (C=O) groups is 1. The maximum atomic E-state index is 12.8. The number of hydrogen-bond acceptors (Lipinski definition) is 2. The Labute approximate surface area is 123 Å². The fourth-order valence-electron chi connectivity index (χ4n) is 2.38. The maximum absolute atomic E-state index is 12.8. The van der Waals surface area contributed by atoms with E-state index in [-0.39, 0.29) is 11.9 Å². The van der Waals surface area contributed by atoms with Gasteiger partial charge in [0.25, 0.3) is 0 Å². The molecule has 3 nitrogen and oxygen atoms in total. The van der Waals surface area contributed by atoms with Gasteiger partial charge in [0.15, 0.2) is 0 Å². The van der Waals surface area contributed by atoms with E-state index in [9.17, 15) is 4.79 Å². The van der Waals surface area contributed by atoms with Crippen LogP contribution in [0.2, 0.25) is 0 Å². The van der Waals surface area contributed by atoms with Crippen LogP contribution in [0.1, 0.15) is 52.5 Å². The van der Waals surface area contributed by atoms with Crippen molar-refractivity contribution in [2.75, 3.05) is 0 Å². The van der Waals surface area contributed by atoms with E-state index in [1.807, 2.05) is 30.0 Å². The highest BCUT2D eigenvalue weighted by molar-refractivity contribution is 5.85. The Bertz CT molecular complexity index is 414. The molecule has 0 aliphatic rings. The van der Waals surface area contributed by atoms with E-state index >= 15 is 0 Å². The molecule has 0 aliphatic carbocycles. The topological polar surface area (TPSA) is 46.3 Å². The molecule has 2 unspecified atom stereocenters. The maximum Gasteiger partial charge on any atom is 0.242 e. The molecule has 0 bridgehead atoms. The van der Waals surface area contributed by atoms with Gasteiger partial charge in [-0.05, 0) is 32.3 Å². The third kappa shape index (κ3) is 4.34. The molecule has 0 aliphatic heterocycles. The molecular formula is C17H28N2O. The van der Waals surface area contributed by atoms with Crippen molar-refractivity contribution >= 4 is 5.91 Å². The molecule has 112 valence electrons. The monoisotopic (exact) mass is 276 g/mol. The predicted molar refractivity (Wildman–Crippen MR) is 84.2 cm³/mol. The number of hydrogen-bond donors (Lipinski definition) is 1. The molecule has 0 saturated heterocycles. The van der Waals surface area contributed by atoms with Crippen LogP contribution in [-0.2, 0) is 11.3 Å². The van der Waals surface area contributed by atoms with Gasteiger partial charge in [0, 0.05) is 12.6 Å². The van der Waals surface area contributed by atoms with Crippen LogP contribution in [0.25, 0.3) is 0 Å². The molecule has 1 aromatic carbocycles. The molecule has 1 amide bonds. The van der Waals surface area contributed by atoms with Crippen molar-refractivity contribution < 1.29 is 4.79 Å². The molecule has 0 spiro atoms. The first kappa shape index (κ1) is 16.7. The number of amides is 1. The molecule has 20 heavy (non-hydrogen) atoms. The van der Waals surface area contributed by atoms with E-state index in [1.54, 1.807) is 0 Å². The zero-order valence-corrected chi connectivity index (χ0v) is 13.2. The van der Waals surface area contributed by atoms with Crippen molar-refractivity contribution in [3.05, 3.63) is 35.9 Å². The Morgan fingerprint density at radius 2 is 1.90 bits per heavy atom. The van der Waals surface area contributed by atoms with E-state index in [2.05, 4.69) is 32.9 Å². The second kappa shape index (κ2) is 7.44. The first-order chi connectivity index (χ1) is 9.42. The second-order valence-corrected chi connectivity index (χ2v) is 5.84. The van der Waals surface area contributed by atoms with Crippen LogP contribution in [0, 0.1) is 0 Å². The molecule has 0 radical (unpaired) electrons. The highest BCUT2D eigenvalue weighted by Gasteiger charge is 2.33. The van der Waals surface area contributed by atoms with Crippen LogP contribution in [0.4, 0.5) is 0 Å². The molecule has 0 heterocycles. The van der Waals surface area contributed by atoms with Gasteiger partial charge in [0.1, 0.15) is 0 Å². The number of nitrogens with two attached hydrogens (primary N) is 1. The first-order valence-corrected chi connectivity index (χ1v) is 7.56. The smallest absolute Gasteiger partial charge is 0.242 e. The third-order valence-corrected chi connectivity index (χ3v) is 3.84. The Kier molecular flexibility index (Phi) is 6.21. The summed E-state index contributed by atoms with van der Waals surface area (Å²) in [4.78, 5) is 14.7. The average molecular weight is 276 g/mol. The normalized spacial score (nSPS) is 15.4. The Hall–Kier alpha value is -1.35. The molecule has 3 heteroatoms. The number of benzene rings is 1. The minimum atomic E-state index is -0.771. The summed E-state index contributed by atoms with van der Waals surface area (Å²) in [5, 5.41) is 0. The van der Waals surface area contributed by atoms with Crippen molar-refractivity contribution in [1.82, 2.24) is 4.90 Å². The first-order valence-electron chi connectivity index (χ1n) is 7.56. The van der Waals surface area contributed by atoms with Crippen molar-refractivity contribution in [2.24, 2.45) is 5.73 Å². The van der Waals surface area contributed by atoms with Gasteiger partial charge in [-0.3, -0.25) is 4.79 Å². The van der Waals surface area contributed by atoms with Gasteiger partial charge in [-0.2, -0.15) is 0 Å². The lowest BCUT2D eigenvalue weighted by Crippen LogP contribution is -2.55. The van der Waals surface area contributed by atoms with Crippen LogP contribution in [0.15, 0.2) is 30.3 Å². The van der Waals surface area contributed by atoms with E-state index in [1.165, 1.54) is 0 Å². The lowest BCUT2D eigenvalue weighted by Gasteiger charge is -2.35. The molecule has 2 N–H and O–H groups in total. The molecule has 0 saturated carbocycles. The van der Waals surface area contributed by atoms with Gasteiger partial charge in [-0.15, -0.1) is 0 Å². The Balaban J connectivity index is 2.92. The molecule has 1 rings (SSSR count). The quantitative estimate of drug-likeness (QED) is 0.830. The minimum Gasteiger partial charge on any atom is -0.334 e. The van der Waals surface area contributed by atoms with Crippen molar-refractivity contribution in [1.29, 1.82) is 0 Å². The Morgan fingerprint density at radius 3 is 2.40 bits per heavy atom. The van der Waals surface area contributed by atoms with E-state index in [0.717, 1.165) is 18.4 Å². The van der Waals surface area contributed by atoms with E-state index in [4.69, 9.17) is 5.73 Å². The minimum absolute atomic E-state index is 0.0533. The van der Waals surface area contributed by atoms with Crippen LogP contribution >= 0.6 is 0 Å². The summed E-state index contributed by atoms with van der Waals surface area (Å²) >= 11 is 0. The lowest BCUT2D eigenvalue weighted by molar-refractivity contribution is -0.139. The van der Waals surface area contributed by atoms with Gasteiger partial charge in [-0.1, -0.05) is 50.6 Å². The van der Waals surface area contributed by atoms with Crippen LogP contribution < -0.4 is 5.73 Å². The molecule has 2 atom stereocenters. The number of rotatable bonds is 7. The highest BCUT2D eigenvalue weighted by atomic mass is 16.2. The Morgan fingerprint density at radius 1 is 1.30 bits per heavy atom. The average Bonchev–Trinajstić information content (AvgIpc) is 2.44.